The molecular weight excluding hydrogens is 288 g/mol. The van der Waals surface area contributed by atoms with E-state index in [-0.39, 0.29) is 0 Å². The van der Waals surface area contributed by atoms with Crippen molar-refractivity contribution in [3.63, 3.8) is 0 Å². The lowest BCUT2D eigenvalue weighted by molar-refractivity contribution is 0.167. The zero-order valence-electron chi connectivity index (χ0n) is 10.4. The molecule has 0 aliphatic carbocycles. The molecule has 0 radical (unpaired) electrons. The van der Waals surface area contributed by atoms with E-state index in [0.29, 0.717) is 0 Å². The quantitative estimate of drug-likeness (QED) is 0.886. The summed E-state index contributed by atoms with van der Waals surface area (Å²) in [4.78, 5) is 0. The van der Waals surface area contributed by atoms with Gasteiger partial charge in [0.05, 0.1) is 6.10 Å². The Morgan fingerprint density at radius 1 is 1.06 bits per heavy atom. The van der Waals surface area contributed by atoms with Crippen molar-refractivity contribution in [3.05, 3.63) is 69.7 Å². The number of aliphatic hydroxyl groups excluding tert-OH is 1. The molecule has 0 fully saturated rings. The second-order valence-electron chi connectivity index (χ2n) is 4.52. The van der Waals surface area contributed by atoms with E-state index in [2.05, 4.69) is 28.1 Å². The molecule has 0 aliphatic heterocycles. The maximum atomic E-state index is 10.3. The number of hydrogen-bond donors (Lipinski definition) is 1. The highest BCUT2D eigenvalue weighted by atomic mass is 79.9. The molecule has 0 heterocycles. The van der Waals surface area contributed by atoms with Crippen molar-refractivity contribution in [1.29, 1.82) is 0 Å². The van der Waals surface area contributed by atoms with Crippen LogP contribution in [0.1, 0.15) is 29.2 Å². The van der Waals surface area contributed by atoms with Gasteiger partial charge < -0.3 is 5.11 Å². The van der Waals surface area contributed by atoms with Gasteiger partial charge in [0.2, 0.25) is 0 Å². The Labute approximate surface area is 117 Å². The van der Waals surface area contributed by atoms with Crippen molar-refractivity contribution < 1.29 is 5.11 Å². The summed E-state index contributed by atoms with van der Waals surface area (Å²) < 4.78 is 1.02. The molecule has 2 aromatic rings. The number of rotatable bonds is 4. The van der Waals surface area contributed by atoms with E-state index >= 15 is 0 Å². The molecule has 0 saturated carbocycles. The highest BCUT2D eigenvalue weighted by molar-refractivity contribution is 9.10. The summed E-state index contributed by atoms with van der Waals surface area (Å²) >= 11 is 3.55. The van der Waals surface area contributed by atoms with Gasteiger partial charge in [-0.15, -0.1) is 0 Å². The van der Waals surface area contributed by atoms with Gasteiger partial charge in [-0.1, -0.05) is 64.5 Å². The van der Waals surface area contributed by atoms with E-state index in [1.54, 1.807) is 0 Å². The van der Waals surface area contributed by atoms with Crippen molar-refractivity contribution in [2.75, 3.05) is 0 Å². The van der Waals surface area contributed by atoms with Gasteiger partial charge >= 0.3 is 0 Å². The Kier molecular flexibility index (Phi) is 4.56. The molecule has 0 saturated heterocycles. The normalized spacial score (nSPS) is 12.4. The van der Waals surface area contributed by atoms with Gasteiger partial charge in [0.15, 0.2) is 0 Å². The molecule has 0 aliphatic rings. The van der Waals surface area contributed by atoms with Crippen LogP contribution < -0.4 is 0 Å². The summed E-state index contributed by atoms with van der Waals surface area (Å²) in [5.41, 5.74) is 3.40. The summed E-state index contributed by atoms with van der Waals surface area (Å²) in [6, 6.07) is 16.3. The molecule has 0 amide bonds. The van der Waals surface area contributed by atoms with E-state index < -0.39 is 6.10 Å². The van der Waals surface area contributed by atoms with E-state index in [4.69, 9.17) is 0 Å². The predicted octanol–water partition coefficient (Wildman–Crippen LogP) is 4.42. The van der Waals surface area contributed by atoms with Crippen LogP contribution >= 0.6 is 15.9 Å². The van der Waals surface area contributed by atoms with Crippen LogP contribution in [0.15, 0.2) is 53.0 Å². The van der Waals surface area contributed by atoms with Gasteiger partial charge in [0, 0.05) is 4.47 Å². The fourth-order valence-electron chi connectivity index (χ4n) is 2.03. The minimum Gasteiger partial charge on any atom is -0.388 e. The maximum absolute atomic E-state index is 10.3. The van der Waals surface area contributed by atoms with Crippen molar-refractivity contribution >= 4 is 15.9 Å². The first-order chi connectivity index (χ1) is 8.68. The zero-order chi connectivity index (χ0) is 13.0. The van der Waals surface area contributed by atoms with Gasteiger partial charge in [-0.25, -0.2) is 0 Å². The second kappa shape index (κ2) is 6.17. The van der Waals surface area contributed by atoms with E-state index in [1.165, 1.54) is 5.56 Å². The Bertz CT molecular complexity index is 508. The molecule has 0 aromatic heterocycles. The molecule has 18 heavy (non-hydrogen) atoms. The van der Waals surface area contributed by atoms with Crippen LogP contribution in [-0.4, -0.2) is 5.11 Å². The van der Waals surface area contributed by atoms with Crippen molar-refractivity contribution in [2.45, 2.75) is 25.9 Å². The lowest BCUT2D eigenvalue weighted by Gasteiger charge is -2.14. The molecular formula is C16H17BrO. The second-order valence-corrected chi connectivity index (χ2v) is 5.31. The van der Waals surface area contributed by atoms with Crippen molar-refractivity contribution in [3.8, 4) is 0 Å². The number of aliphatic hydroxyl groups is 1. The monoisotopic (exact) mass is 304 g/mol. The maximum Gasteiger partial charge on any atom is 0.0804 e. The van der Waals surface area contributed by atoms with E-state index in [9.17, 15) is 5.11 Å². The first kappa shape index (κ1) is 13.3. The van der Waals surface area contributed by atoms with Crippen LogP contribution in [0.3, 0.4) is 0 Å². The van der Waals surface area contributed by atoms with Crippen molar-refractivity contribution in [2.24, 2.45) is 0 Å². The Hall–Kier alpha value is -1.12. The largest absolute Gasteiger partial charge is 0.388 e. The third kappa shape index (κ3) is 3.21. The van der Waals surface area contributed by atoms with E-state index in [1.807, 2.05) is 43.3 Å². The van der Waals surface area contributed by atoms with Crippen LogP contribution in [0, 0.1) is 6.92 Å². The molecule has 2 heteroatoms. The minimum atomic E-state index is -0.417. The summed E-state index contributed by atoms with van der Waals surface area (Å²) in [7, 11) is 0. The standard InChI is InChI=1S/C16H17BrO/c1-12-6-5-9-14(16(12)17)15(18)11-10-13-7-3-2-4-8-13/h2-9,15,18H,10-11H2,1H3. The average molecular weight is 305 g/mol. The zero-order valence-corrected chi connectivity index (χ0v) is 12.0. The molecule has 1 atom stereocenters. The minimum absolute atomic E-state index is 0.417. The first-order valence-electron chi connectivity index (χ1n) is 6.15. The SMILES string of the molecule is Cc1cccc(C(O)CCc2ccccc2)c1Br. The smallest absolute Gasteiger partial charge is 0.0804 e. The van der Waals surface area contributed by atoms with Crippen LogP contribution in [0.2, 0.25) is 0 Å². The lowest BCUT2D eigenvalue weighted by atomic mass is 10.00. The Balaban J connectivity index is 2.04. The van der Waals surface area contributed by atoms with Gasteiger partial charge in [0.1, 0.15) is 0 Å². The Morgan fingerprint density at radius 3 is 2.50 bits per heavy atom. The molecule has 1 N–H and O–H groups in total. The highest BCUT2D eigenvalue weighted by Crippen LogP contribution is 2.29. The Morgan fingerprint density at radius 2 is 1.78 bits per heavy atom. The number of benzene rings is 2. The molecule has 2 rings (SSSR count). The fourth-order valence-corrected chi connectivity index (χ4v) is 2.56. The average Bonchev–Trinajstić information content (AvgIpc) is 2.40. The van der Waals surface area contributed by atoms with Gasteiger partial charge in [0.25, 0.3) is 0 Å². The van der Waals surface area contributed by atoms with Crippen LogP contribution in [0.5, 0.6) is 0 Å². The van der Waals surface area contributed by atoms with Crippen LogP contribution in [-0.2, 0) is 6.42 Å². The predicted molar refractivity (Wildman–Crippen MR) is 78.6 cm³/mol. The molecule has 94 valence electrons. The molecule has 1 unspecified atom stereocenters. The lowest BCUT2D eigenvalue weighted by Crippen LogP contribution is -2.01. The number of hydrogen-bond acceptors (Lipinski definition) is 1. The third-order valence-corrected chi connectivity index (χ3v) is 4.21. The summed E-state index contributed by atoms with van der Waals surface area (Å²) in [6.45, 7) is 2.04. The third-order valence-electron chi connectivity index (χ3n) is 3.13. The topological polar surface area (TPSA) is 20.2 Å². The number of aryl methyl sites for hydroxylation is 2. The van der Waals surface area contributed by atoms with Crippen molar-refractivity contribution in [1.82, 2.24) is 0 Å². The fraction of sp³-hybridized carbons (Fsp3) is 0.250. The van der Waals surface area contributed by atoms with Crippen LogP contribution in [0.4, 0.5) is 0 Å². The molecule has 0 bridgehead atoms. The summed E-state index contributed by atoms with van der Waals surface area (Å²) in [5.74, 6) is 0. The molecule has 1 nitrogen and oxygen atoms in total. The van der Waals surface area contributed by atoms with Crippen LogP contribution in [0.25, 0.3) is 0 Å². The summed E-state index contributed by atoms with van der Waals surface area (Å²) in [6.07, 6.45) is 1.22. The molecule has 2 aromatic carbocycles. The first-order valence-corrected chi connectivity index (χ1v) is 6.95. The van der Waals surface area contributed by atoms with Gasteiger partial charge in [-0.3, -0.25) is 0 Å². The highest BCUT2D eigenvalue weighted by Gasteiger charge is 2.12. The van der Waals surface area contributed by atoms with Gasteiger partial charge in [-0.2, -0.15) is 0 Å². The molecule has 0 spiro atoms. The number of halogens is 1. The summed E-state index contributed by atoms with van der Waals surface area (Å²) in [5, 5.41) is 10.3. The van der Waals surface area contributed by atoms with E-state index in [0.717, 1.165) is 28.4 Å². The van der Waals surface area contributed by atoms with Gasteiger partial charge in [-0.05, 0) is 36.5 Å².